The second kappa shape index (κ2) is 6.82. The van der Waals surface area contributed by atoms with Gasteiger partial charge in [-0.1, -0.05) is 97.1 Å². The number of hydrogen-bond donors (Lipinski definition) is 0. The largest absolute Gasteiger partial charge is 0.256 e. The molecule has 1 heteroatoms. The smallest absolute Gasteiger partial charge is 0.0708 e. The normalized spacial score (nSPS) is 11.3. The van der Waals surface area contributed by atoms with Crippen LogP contribution >= 0.6 is 0 Å². The molecular weight excluding hydrogens is 362 g/mol. The minimum atomic E-state index is 0.996. The lowest BCUT2D eigenvalue weighted by Crippen LogP contribution is -1.99. The molecule has 6 rings (SSSR count). The molecule has 1 aliphatic carbocycles. The highest BCUT2D eigenvalue weighted by Gasteiger charge is 2.23. The Hall–Kier alpha value is -3.97. The number of benzene rings is 4. The molecule has 0 N–H and O–H groups in total. The Labute approximate surface area is 176 Å². The zero-order valence-electron chi connectivity index (χ0n) is 16.4. The number of fused-ring (bicyclic) bond motifs is 8. The van der Waals surface area contributed by atoms with Gasteiger partial charge in [0.1, 0.15) is 0 Å². The molecule has 5 aromatic rings. The molecule has 0 fully saturated rings. The van der Waals surface area contributed by atoms with Crippen LogP contribution in [0.2, 0.25) is 0 Å². The third kappa shape index (κ3) is 2.53. The minimum Gasteiger partial charge on any atom is -0.256 e. The Kier molecular flexibility index (Phi) is 3.85. The maximum Gasteiger partial charge on any atom is 0.0708 e. The van der Waals surface area contributed by atoms with E-state index < -0.39 is 0 Å². The third-order valence-corrected chi connectivity index (χ3v) is 5.93. The summed E-state index contributed by atoms with van der Waals surface area (Å²) in [6.07, 6.45) is 1.87. The second-order valence-corrected chi connectivity index (χ2v) is 7.58. The molecule has 1 aromatic heterocycles. The Morgan fingerprint density at radius 1 is 0.333 bits per heavy atom. The van der Waals surface area contributed by atoms with Crippen LogP contribution < -0.4 is 0 Å². The third-order valence-electron chi connectivity index (χ3n) is 5.93. The van der Waals surface area contributed by atoms with E-state index in [0.29, 0.717) is 0 Å². The molecular formula is C29H19N. The molecule has 0 atom stereocenters. The van der Waals surface area contributed by atoms with Gasteiger partial charge in [-0.3, -0.25) is 4.98 Å². The van der Waals surface area contributed by atoms with Crippen LogP contribution in [0.15, 0.2) is 115 Å². The van der Waals surface area contributed by atoms with E-state index in [1.165, 1.54) is 44.5 Å². The molecule has 1 aliphatic rings. The number of nitrogens with zero attached hydrogens (tertiary/aromatic N) is 1. The van der Waals surface area contributed by atoms with E-state index in [-0.39, 0.29) is 0 Å². The van der Waals surface area contributed by atoms with E-state index in [1.54, 1.807) is 0 Å². The van der Waals surface area contributed by atoms with Crippen LogP contribution in [-0.4, -0.2) is 4.98 Å². The van der Waals surface area contributed by atoms with E-state index in [1.807, 2.05) is 12.3 Å². The van der Waals surface area contributed by atoms with Crippen LogP contribution in [0, 0.1) is 0 Å². The summed E-state index contributed by atoms with van der Waals surface area (Å²) in [5, 5.41) is 0. The van der Waals surface area contributed by atoms with Crippen molar-refractivity contribution in [3.63, 3.8) is 0 Å². The van der Waals surface area contributed by atoms with Crippen molar-refractivity contribution in [3.05, 3.63) is 115 Å². The first-order valence-corrected chi connectivity index (χ1v) is 10.2. The number of rotatable bonds is 1. The van der Waals surface area contributed by atoms with Gasteiger partial charge in [0, 0.05) is 11.8 Å². The molecule has 1 heterocycles. The van der Waals surface area contributed by atoms with Gasteiger partial charge in [0.15, 0.2) is 0 Å². The van der Waals surface area contributed by atoms with E-state index >= 15 is 0 Å². The zero-order chi connectivity index (χ0) is 19.9. The molecule has 0 saturated carbocycles. The molecule has 0 saturated heterocycles. The molecule has 0 amide bonds. The molecule has 0 bridgehead atoms. The molecule has 140 valence electrons. The van der Waals surface area contributed by atoms with E-state index in [0.717, 1.165) is 11.3 Å². The molecule has 30 heavy (non-hydrogen) atoms. The van der Waals surface area contributed by atoms with Crippen molar-refractivity contribution >= 4 is 0 Å². The van der Waals surface area contributed by atoms with Crippen molar-refractivity contribution in [2.75, 3.05) is 0 Å². The van der Waals surface area contributed by atoms with E-state index in [2.05, 4.69) is 108 Å². The summed E-state index contributed by atoms with van der Waals surface area (Å²) in [4.78, 5) is 4.68. The number of aromatic nitrogens is 1. The lowest BCUT2D eigenvalue weighted by atomic mass is 9.79. The Morgan fingerprint density at radius 2 is 0.767 bits per heavy atom. The number of pyridine rings is 1. The van der Waals surface area contributed by atoms with Gasteiger partial charge in [-0.2, -0.15) is 0 Å². The van der Waals surface area contributed by atoms with Gasteiger partial charge in [-0.25, -0.2) is 0 Å². The Morgan fingerprint density at radius 3 is 1.33 bits per heavy atom. The van der Waals surface area contributed by atoms with Crippen LogP contribution in [-0.2, 0) is 0 Å². The fourth-order valence-electron chi connectivity index (χ4n) is 4.64. The van der Waals surface area contributed by atoms with E-state index in [9.17, 15) is 0 Å². The summed E-state index contributed by atoms with van der Waals surface area (Å²) in [6, 6.07) is 38.9. The predicted molar refractivity (Wildman–Crippen MR) is 125 cm³/mol. The Balaban J connectivity index is 1.81. The second-order valence-electron chi connectivity index (χ2n) is 7.58. The monoisotopic (exact) mass is 381 g/mol. The molecule has 0 aliphatic heterocycles. The van der Waals surface area contributed by atoms with Gasteiger partial charge in [0.05, 0.1) is 5.69 Å². The SMILES string of the molecule is c1ccc(-c2cccc3c2-c2ccccc2-c2ccccc2-c2ccccc2-3)nc1. The fourth-order valence-corrected chi connectivity index (χ4v) is 4.64. The summed E-state index contributed by atoms with van der Waals surface area (Å²) < 4.78 is 0. The maximum atomic E-state index is 4.68. The first-order chi connectivity index (χ1) is 14.9. The van der Waals surface area contributed by atoms with Crippen LogP contribution in [0.1, 0.15) is 0 Å². The molecule has 0 spiro atoms. The lowest BCUT2D eigenvalue weighted by Gasteiger charge is -2.24. The predicted octanol–water partition coefficient (Wildman–Crippen LogP) is 7.73. The summed E-state index contributed by atoms with van der Waals surface area (Å²) in [5.41, 5.74) is 12.2. The van der Waals surface area contributed by atoms with Crippen molar-refractivity contribution in [1.82, 2.24) is 4.98 Å². The highest BCUT2D eigenvalue weighted by molar-refractivity contribution is 6.06. The molecule has 0 radical (unpaired) electrons. The van der Waals surface area contributed by atoms with E-state index in [4.69, 9.17) is 0 Å². The van der Waals surface area contributed by atoms with Gasteiger partial charge in [0.25, 0.3) is 0 Å². The Bertz CT molecular complexity index is 1380. The maximum absolute atomic E-state index is 4.68. The molecule has 1 nitrogen and oxygen atoms in total. The summed E-state index contributed by atoms with van der Waals surface area (Å²) in [6.45, 7) is 0. The van der Waals surface area contributed by atoms with Gasteiger partial charge in [-0.05, 0) is 56.6 Å². The van der Waals surface area contributed by atoms with Crippen LogP contribution in [0.5, 0.6) is 0 Å². The molecule has 0 unspecified atom stereocenters. The van der Waals surface area contributed by atoms with Crippen LogP contribution in [0.4, 0.5) is 0 Å². The number of hydrogen-bond acceptors (Lipinski definition) is 1. The highest BCUT2D eigenvalue weighted by atomic mass is 14.7. The summed E-state index contributed by atoms with van der Waals surface area (Å²) >= 11 is 0. The van der Waals surface area contributed by atoms with Crippen LogP contribution in [0.25, 0.3) is 55.8 Å². The van der Waals surface area contributed by atoms with Crippen molar-refractivity contribution in [3.8, 4) is 55.8 Å². The fraction of sp³-hybridized carbons (Fsp3) is 0. The van der Waals surface area contributed by atoms with Gasteiger partial charge in [-0.15, -0.1) is 0 Å². The lowest BCUT2D eigenvalue weighted by molar-refractivity contribution is 1.33. The average Bonchev–Trinajstić information content (AvgIpc) is 2.83. The van der Waals surface area contributed by atoms with Crippen molar-refractivity contribution in [2.45, 2.75) is 0 Å². The topological polar surface area (TPSA) is 12.9 Å². The first-order valence-electron chi connectivity index (χ1n) is 10.2. The standard InChI is InChI=1S/C29H19N/c1-2-11-21-20(10-1)22-12-3-4-13-24(22)26-16-9-17-27(28-18-7-8-19-30-28)29(26)25-15-6-5-14-23(21)25/h1-19H. The van der Waals surface area contributed by atoms with Crippen LogP contribution in [0.3, 0.4) is 0 Å². The summed E-state index contributed by atoms with van der Waals surface area (Å²) in [7, 11) is 0. The highest BCUT2D eigenvalue weighted by Crippen LogP contribution is 2.49. The first kappa shape index (κ1) is 16.9. The zero-order valence-corrected chi connectivity index (χ0v) is 16.4. The molecule has 4 aromatic carbocycles. The quantitative estimate of drug-likeness (QED) is 0.284. The van der Waals surface area contributed by atoms with Gasteiger partial charge in [0.2, 0.25) is 0 Å². The average molecular weight is 381 g/mol. The summed E-state index contributed by atoms with van der Waals surface area (Å²) in [5.74, 6) is 0. The van der Waals surface area contributed by atoms with Gasteiger partial charge >= 0.3 is 0 Å². The van der Waals surface area contributed by atoms with Crippen molar-refractivity contribution in [2.24, 2.45) is 0 Å². The van der Waals surface area contributed by atoms with Crippen molar-refractivity contribution in [1.29, 1.82) is 0 Å². The minimum absolute atomic E-state index is 0.996. The van der Waals surface area contributed by atoms with Crippen molar-refractivity contribution < 1.29 is 0 Å². The van der Waals surface area contributed by atoms with Gasteiger partial charge < -0.3 is 0 Å².